The van der Waals surface area contributed by atoms with Gasteiger partial charge in [-0.05, 0) is 127 Å². The van der Waals surface area contributed by atoms with E-state index in [0.29, 0.717) is 5.56 Å². The van der Waals surface area contributed by atoms with Crippen LogP contribution >= 0.6 is 0 Å². The molecule has 0 bridgehead atoms. The molecule has 0 aromatic heterocycles. The van der Waals surface area contributed by atoms with Crippen molar-refractivity contribution >= 4 is 27.8 Å². The van der Waals surface area contributed by atoms with Crippen molar-refractivity contribution in [2.45, 2.75) is 5.41 Å². The summed E-state index contributed by atoms with van der Waals surface area (Å²) in [6, 6.07) is 84.7. The molecule has 0 radical (unpaired) electrons. The van der Waals surface area contributed by atoms with Crippen molar-refractivity contribution in [3.8, 4) is 62.1 Å². The van der Waals surface area contributed by atoms with Crippen molar-refractivity contribution in [2.75, 3.05) is 4.90 Å². The fourth-order valence-electron chi connectivity index (χ4n) is 10.2. The molecule has 0 atom stereocenters. The van der Waals surface area contributed by atoms with Crippen LogP contribution in [0.2, 0.25) is 0 Å². The van der Waals surface area contributed by atoms with Gasteiger partial charge < -0.3 is 9.64 Å². The average molecular weight is 803 g/mol. The summed E-state index contributed by atoms with van der Waals surface area (Å²) in [6.45, 7) is 0. The van der Waals surface area contributed by atoms with Crippen molar-refractivity contribution in [1.29, 1.82) is 5.26 Å². The van der Waals surface area contributed by atoms with Gasteiger partial charge in [-0.15, -0.1) is 0 Å². The first-order valence-corrected chi connectivity index (χ1v) is 21.4. The first kappa shape index (κ1) is 36.4. The summed E-state index contributed by atoms with van der Waals surface area (Å²) in [5.41, 5.74) is 17.5. The highest BCUT2D eigenvalue weighted by molar-refractivity contribution is 6.10. The fraction of sp³-hybridized carbons (Fsp3) is 0.0167. The molecule has 1 aliphatic heterocycles. The van der Waals surface area contributed by atoms with Gasteiger partial charge in [-0.2, -0.15) is 5.26 Å². The van der Waals surface area contributed by atoms with Crippen molar-refractivity contribution in [3.05, 3.63) is 258 Å². The molecule has 2 aliphatic rings. The SMILES string of the molecule is N#Cc1ccc(-c2ccc(N(c3ccc(-c4ccc5c6c(cccc46)-c4ccccc4O5)cc3)c3ccc4c(c3)C(c3ccccc3)(c3ccccc3)c3ccccc3-4)cc2)cc1. The zero-order chi connectivity index (χ0) is 41.9. The van der Waals surface area contributed by atoms with E-state index in [4.69, 9.17) is 4.74 Å². The predicted molar refractivity (Wildman–Crippen MR) is 257 cm³/mol. The molecule has 0 spiro atoms. The number of fused-ring (bicyclic) bond motifs is 5. The van der Waals surface area contributed by atoms with E-state index in [1.807, 2.05) is 36.4 Å². The predicted octanol–water partition coefficient (Wildman–Crippen LogP) is 15.7. The highest BCUT2D eigenvalue weighted by Crippen LogP contribution is 2.57. The molecule has 0 N–H and O–H groups in total. The van der Waals surface area contributed by atoms with Crippen molar-refractivity contribution in [2.24, 2.45) is 0 Å². The number of rotatable bonds is 7. The standard InChI is InChI=1S/C60H38N2O/c61-39-40-22-24-41(25-23-40)42-26-30-46(31-27-42)62(47-32-28-43(29-33-47)49-36-37-58-59-53(49)18-11-19-54(59)52-17-8-10-21-57(52)63-58)48-34-35-51-50-16-7-9-20-55(50)60(56(51)38-48,44-12-3-1-4-13-44)45-14-5-2-6-15-45/h1-38H. The minimum Gasteiger partial charge on any atom is -0.456 e. The Bertz CT molecular complexity index is 3360. The van der Waals surface area contributed by atoms with Crippen LogP contribution in [0.5, 0.6) is 11.5 Å². The van der Waals surface area contributed by atoms with Crippen LogP contribution < -0.4 is 9.64 Å². The second kappa shape index (κ2) is 14.6. The first-order valence-electron chi connectivity index (χ1n) is 21.4. The number of hydrogen-bond donors (Lipinski definition) is 0. The number of benzene rings is 10. The highest BCUT2D eigenvalue weighted by atomic mass is 16.5. The van der Waals surface area contributed by atoms with Gasteiger partial charge in [0.1, 0.15) is 11.5 Å². The van der Waals surface area contributed by atoms with Gasteiger partial charge in [-0.25, -0.2) is 0 Å². The van der Waals surface area contributed by atoms with Gasteiger partial charge >= 0.3 is 0 Å². The van der Waals surface area contributed by atoms with Crippen LogP contribution in [0.3, 0.4) is 0 Å². The largest absolute Gasteiger partial charge is 0.456 e. The summed E-state index contributed by atoms with van der Waals surface area (Å²) >= 11 is 0. The molecule has 10 aromatic rings. The van der Waals surface area contributed by atoms with Gasteiger partial charge in [0.25, 0.3) is 0 Å². The zero-order valence-corrected chi connectivity index (χ0v) is 34.2. The Hall–Kier alpha value is -8.45. The Labute approximate surface area is 367 Å². The number of nitriles is 1. The van der Waals surface area contributed by atoms with Gasteiger partial charge in [0.15, 0.2) is 0 Å². The van der Waals surface area contributed by atoms with Crippen molar-refractivity contribution in [3.63, 3.8) is 0 Å². The molecule has 10 aromatic carbocycles. The number of ether oxygens (including phenoxy) is 1. The fourth-order valence-corrected chi connectivity index (χ4v) is 10.2. The Morgan fingerprint density at radius 3 is 1.60 bits per heavy atom. The van der Waals surface area contributed by atoms with Gasteiger partial charge in [-0.3, -0.25) is 0 Å². The van der Waals surface area contributed by atoms with E-state index >= 15 is 0 Å². The van der Waals surface area contributed by atoms with E-state index in [1.54, 1.807) is 0 Å². The average Bonchev–Trinajstić information content (AvgIpc) is 3.66. The minimum atomic E-state index is -0.529. The Morgan fingerprint density at radius 2 is 0.921 bits per heavy atom. The summed E-state index contributed by atoms with van der Waals surface area (Å²) in [5, 5.41) is 11.7. The molecule has 3 nitrogen and oxygen atoms in total. The van der Waals surface area contributed by atoms with E-state index in [0.717, 1.165) is 61.8 Å². The summed E-state index contributed by atoms with van der Waals surface area (Å²) in [5.74, 6) is 1.77. The molecule has 63 heavy (non-hydrogen) atoms. The molecule has 0 saturated heterocycles. The highest BCUT2D eigenvalue weighted by Gasteiger charge is 2.46. The van der Waals surface area contributed by atoms with Crippen LogP contribution in [0.1, 0.15) is 27.8 Å². The van der Waals surface area contributed by atoms with Crippen LogP contribution in [-0.4, -0.2) is 0 Å². The molecule has 0 unspecified atom stereocenters. The van der Waals surface area contributed by atoms with Gasteiger partial charge in [0.05, 0.1) is 17.0 Å². The van der Waals surface area contributed by atoms with Crippen LogP contribution in [0.25, 0.3) is 55.3 Å². The minimum absolute atomic E-state index is 0.529. The van der Waals surface area contributed by atoms with E-state index in [-0.39, 0.29) is 0 Å². The molecule has 12 rings (SSSR count). The second-order valence-electron chi connectivity index (χ2n) is 16.3. The topological polar surface area (TPSA) is 36.3 Å². The van der Waals surface area contributed by atoms with Gasteiger partial charge in [-0.1, -0.05) is 170 Å². The number of hydrogen-bond acceptors (Lipinski definition) is 3. The quantitative estimate of drug-likeness (QED) is 0.161. The first-order chi connectivity index (χ1) is 31.2. The van der Waals surface area contributed by atoms with Crippen LogP contribution in [-0.2, 0) is 5.41 Å². The molecule has 0 amide bonds. The summed E-state index contributed by atoms with van der Waals surface area (Å²) in [6.07, 6.45) is 0. The monoisotopic (exact) mass is 802 g/mol. The van der Waals surface area contributed by atoms with Crippen LogP contribution in [0.4, 0.5) is 17.1 Å². The third kappa shape index (κ3) is 5.73. The lowest BCUT2D eigenvalue weighted by Gasteiger charge is -2.35. The van der Waals surface area contributed by atoms with E-state index in [9.17, 15) is 5.26 Å². The number of nitrogens with zero attached hydrogens (tertiary/aromatic N) is 2. The lowest BCUT2D eigenvalue weighted by atomic mass is 9.67. The molecular formula is C60H38N2O. The summed E-state index contributed by atoms with van der Waals surface area (Å²) in [7, 11) is 0. The zero-order valence-electron chi connectivity index (χ0n) is 34.2. The smallest absolute Gasteiger partial charge is 0.135 e. The molecule has 3 heteroatoms. The summed E-state index contributed by atoms with van der Waals surface area (Å²) < 4.78 is 6.44. The summed E-state index contributed by atoms with van der Waals surface area (Å²) in [4.78, 5) is 2.37. The van der Waals surface area contributed by atoms with E-state index in [1.165, 1.54) is 44.3 Å². The van der Waals surface area contributed by atoms with Crippen LogP contribution in [0.15, 0.2) is 231 Å². The lowest BCUT2D eigenvalue weighted by molar-refractivity contribution is 0.487. The van der Waals surface area contributed by atoms with Gasteiger partial charge in [0, 0.05) is 28.0 Å². The molecular weight excluding hydrogens is 765 g/mol. The van der Waals surface area contributed by atoms with Crippen LogP contribution in [0, 0.1) is 11.3 Å². The second-order valence-corrected chi connectivity index (χ2v) is 16.3. The Kier molecular flexibility index (Phi) is 8.45. The number of para-hydroxylation sites is 1. The van der Waals surface area contributed by atoms with Gasteiger partial charge in [0.2, 0.25) is 0 Å². The molecule has 294 valence electrons. The third-order valence-electron chi connectivity index (χ3n) is 13.0. The van der Waals surface area contributed by atoms with E-state index < -0.39 is 5.41 Å². The maximum atomic E-state index is 9.42. The normalized spacial score (nSPS) is 12.7. The van der Waals surface area contributed by atoms with Crippen molar-refractivity contribution < 1.29 is 4.74 Å². The molecule has 0 fully saturated rings. The number of anilines is 3. The maximum Gasteiger partial charge on any atom is 0.135 e. The van der Waals surface area contributed by atoms with Crippen molar-refractivity contribution in [1.82, 2.24) is 0 Å². The third-order valence-corrected chi connectivity index (χ3v) is 13.0. The molecule has 1 heterocycles. The Morgan fingerprint density at radius 1 is 0.381 bits per heavy atom. The molecule has 1 aliphatic carbocycles. The maximum absolute atomic E-state index is 9.42. The lowest BCUT2D eigenvalue weighted by Crippen LogP contribution is -2.28. The Balaban J connectivity index is 1.02. The molecule has 0 saturated carbocycles. The van der Waals surface area contributed by atoms with E-state index in [2.05, 4.69) is 205 Å².